The van der Waals surface area contributed by atoms with Gasteiger partial charge in [-0.3, -0.25) is 0 Å². The third kappa shape index (κ3) is 3.91. The maximum absolute atomic E-state index is 11.0. The van der Waals surface area contributed by atoms with E-state index in [2.05, 4.69) is 5.32 Å². The van der Waals surface area contributed by atoms with Crippen molar-refractivity contribution in [3.8, 4) is 11.5 Å². The summed E-state index contributed by atoms with van der Waals surface area (Å²) in [6.07, 6.45) is 0. The standard InChI is InChI=1S/C17H19NO4/c1-3-22-15-8-7-12(9-16(15)21-2)11-18-14-6-4-5-13(10-14)17(19)20/h4-10,18H,3,11H2,1-2H3,(H,19,20). The van der Waals surface area contributed by atoms with Crippen molar-refractivity contribution in [1.29, 1.82) is 0 Å². The highest BCUT2D eigenvalue weighted by atomic mass is 16.5. The molecule has 0 aromatic heterocycles. The van der Waals surface area contributed by atoms with E-state index in [0.717, 1.165) is 11.3 Å². The normalized spacial score (nSPS) is 10.1. The highest BCUT2D eigenvalue weighted by Crippen LogP contribution is 2.28. The molecule has 2 aromatic carbocycles. The van der Waals surface area contributed by atoms with E-state index in [9.17, 15) is 4.79 Å². The molecule has 2 rings (SSSR count). The van der Waals surface area contributed by atoms with Crippen LogP contribution in [0.1, 0.15) is 22.8 Å². The van der Waals surface area contributed by atoms with Crippen molar-refractivity contribution >= 4 is 11.7 Å². The first-order chi connectivity index (χ1) is 10.6. The van der Waals surface area contributed by atoms with E-state index in [1.165, 1.54) is 0 Å². The monoisotopic (exact) mass is 301 g/mol. The zero-order valence-corrected chi connectivity index (χ0v) is 12.6. The molecule has 0 heterocycles. The third-order valence-corrected chi connectivity index (χ3v) is 3.13. The van der Waals surface area contributed by atoms with Gasteiger partial charge in [-0.05, 0) is 42.8 Å². The predicted molar refractivity (Wildman–Crippen MR) is 84.9 cm³/mol. The number of methoxy groups -OCH3 is 1. The van der Waals surface area contributed by atoms with E-state index < -0.39 is 5.97 Å². The molecule has 22 heavy (non-hydrogen) atoms. The maximum Gasteiger partial charge on any atom is 0.335 e. The molecule has 0 saturated carbocycles. The topological polar surface area (TPSA) is 67.8 Å². The number of hydrogen-bond donors (Lipinski definition) is 2. The van der Waals surface area contributed by atoms with Crippen LogP contribution in [0.25, 0.3) is 0 Å². The minimum atomic E-state index is -0.939. The number of benzene rings is 2. The van der Waals surface area contributed by atoms with Gasteiger partial charge in [0.1, 0.15) is 0 Å². The molecule has 5 heteroatoms. The lowest BCUT2D eigenvalue weighted by atomic mass is 10.1. The molecule has 0 radical (unpaired) electrons. The first-order valence-electron chi connectivity index (χ1n) is 7.01. The van der Waals surface area contributed by atoms with Gasteiger partial charge in [0.15, 0.2) is 11.5 Å². The molecule has 2 aromatic rings. The quantitative estimate of drug-likeness (QED) is 0.820. The molecule has 0 aliphatic carbocycles. The molecule has 0 aliphatic rings. The van der Waals surface area contributed by atoms with Gasteiger partial charge >= 0.3 is 5.97 Å². The number of carboxylic acids is 1. The molecule has 0 saturated heterocycles. The molecule has 0 bridgehead atoms. The predicted octanol–water partition coefficient (Wildman–Crippen LogP) is 3.40. The van der Waals surface area contributed by atoms with Crippen LogP contribution >= 0.6 is 0 Å². The lowest BCUT2D eigenvalue weighted by Crippen LogP contribution is -2.03. The van der Waals surface area contributed by atoms with Crippen LogP contribution in [-0.2, 0) is 6.54 Å². The van der Waals surface area contributed by atoms with Crippen molar-refractivity contribution in [3.63, 3.8) is 0 Å². The average molecular weight is 301 g/mol. The molecule has 2 N–H and O–H groups in total. The number of anilines is 1. The summed E-state index contributed by atoms with van der Waals surface area (Å²) in [6, 6.07) is 12.4. The van der Waals surface area contributed by atoms with E-state index in [0.29, 0.717) is 24.7 Å². The summed E-state index contributed by atoms with van der Waals surface area (Å²) in [6.45, 7) is 3.06. The van der Waals surface area contributed by atoms with E-state index in [4.69, 9.17) is 14.6 Å². The van der Waals surface area contributed by atoms with E-state index in [1.54, 1.807) is 25.3 Å². The highest BCUT2D eigenvalue weighted by Gasteiger charge is 2.06. The summed E-state index contributed by atoms with van der Waals surface area (Å²) >= 11 is 0. The van der Waals surface area contributed by atoms with Crippen LogP contribution in [0.15, 0.2) is 42.5 Å². The van der Waals surface area contributed by atoms with Crippen LogP contribution in [0.5, 0.6) is 11.5 Å². The number of nitrogens with one attached hydrogen (secondary N) is 1. The van der Waals surface area contributed by atoms with Gasteiger partial charge in [-0.15, -0.1) is 0 Å². The van der Waals surface area contributed by atoms with Crippen molar-refractivity contribution in [2.24, 2.45) is 0 Å². The Kier molecular flexibility index (Phi) is 5.25. The van der Waals surface area contributed by atoms with Gasteiger partial charge < -0.3 is 19.9 Å². The average Bonchev–Trinajstić information content (AvgIpc) is 2.54. The highest BCUT2D eigenvalue weighted by molar-refractivity contribution is 5.88. The molecule has 5 nitrogen and oxygen atoms in total. The Balaban J connectivity index is 2.08. The van der Waals surface area contributed by atoms with E-state index >= 15 is 0 Å². The Morgan fingerprint density at radius 1 is 1.18 bits per heavy atom. The van der Waals surface area contributed by atoms with Crippen molar-refractivity contribution in [1.82, 2.24) is 0 Å². The van der Waals surface area contributed by atoms with Crippen molar-refractivity contribution in [3.05, 3.63) is 53.6 Å². The summed E-state index contributed by atoms with van der Waals surface area (Å²) in [4.78, 5) is 11.0. The second-order valence-corrected chi connectivity index (χ2v) is 4.66. The lowest BCUT2D eigenvalue weighted by Gasteiger charge is -2.12. The van der Waals surface area contributed by atoms with Crippen molar-refractivity contribution in [2.75, 3.05) is 19.0 Å². The van der Waals surface area contributed by atoms with Crippen molar-refractivity contribution in [2.45, 2.75) is 13.5 Å². The zero-order valence-electron chi connectivity index (χ0n) is 12.6. The Labute approximate surface area is 129 Å². The minimum Gasteiger partial charge on any atom is -0.493 e. The number of ether oxygens (including phenoxy) is 2. The number of aromatic carboxylic acids is 1. The SMILES string of the molecule is CCOc1ccc(CNc2cccc(C(=O)O)c2)cc1OC. The summed E-state index contributed by atoms with van der Waals surface area (Å²) in [5, 5.41) is 12.2. The Hall–Kier alpha value is -2.69. The van der Waals surface area contributed by atoms with Crippen LogP contribution in [0.3, 0.4) is 0 Å². The largest absolute Gasteiger partial charge is 0.493 e. The fourth-order valence-corrected chi connectivity index (χ4v) is 2.06. The number of carbonyl (C=O) groups is 1. The van der Waals surface area contributed by atoms with Crippen LogP contribution in [0.2, 0.25) is 0 Å². The van der Waals surface area contributed by atoms with Gasteiger partial charge in [0.25, 0.3) is 0 Å². The van der Waals surface area contributed by atoms with Crippen LogP contribution in [0.4, 0.5) is 5.69 Å². The fraction of sp³-hybridized carbons (Fsp3) is 0.235. The second-order valence-electron chi connectivity index (χ2n) is 4.66. The van der Waals surface area contributed by atoms with Gasteiger partial charge in [-0.2, -0.15) is 0 Å². The number of carboxylic acid groups (broad SMARTS) is 1. The van der Waals surface area contributed by atoms with Gasteiger partial charge in [0.2, 0.25) is 0 Å². The summed E-state index contributed by atoms with van der Waals surface area (Å²) in [5.41, 5.74) is 2.03. The molecule has 0 fully saturated rings. The van der Waals surface area contributed by atoms with Gasteiger partial charge in [0, 0.05) is 12.2 Å². The minimum absolute atomic E-state index is 0.259. The summed E-state index contributed by atoms with van der Waals surface area (Å²) < 4.78 is 10.8. The second kappa shape index (κ2) is 7.36. The smallest absolute Gasteiger partial charge is 0.335 e. The zero-order chi connectivity index (χ0) is 15.9. The number of rotatable bonds is 7. The van der Waals surface area contributed by atoms with Crippen molar-refractivity contribution < 1.29 is 19.4 Å². The molecular weight excluding hydrogens is 282 g/mol. The Morgan fingerprint density at radius 3 is 2.68 bits per heavy atom. The van der Waals surface area contributed by atoms with Crippen LogP contribution < -0.4 is 14.8 Å². The first-order valence-corrected chi connectivity index (χ1v) is 7.01. The van der Waals surface area contributed by atoms with Crippen LogP contribution in [-0.4, -0.2) is 24.8 Å². The Bertz CT molecular complexity index is 655. The Morgan fingerprint density at radius 2 is 2.00 bits per heavy atom. The van der Waals surface area contributed by atoms with Crippen LogP contribution in [0, 0.1) is 0 Å². The maximum atomic E-state index is 11.0. The molecular formula is C17H19NO4. The lowest BCUT2D eigenvalue weighted by molar-refractivity contribution is 0.0697. The molecule has 0 spiro atoms. The molecule has 0 unspecified atom stereocenters. The summed E-state index contributed by atoms with van der Waals surface area (Å²) in [7, 11) is 1.60. The van der Waals surface area contributed by atoms with Gasteiger partial charge in [-0.1, -0.05) is 12.1 Å². The van der Waals surface area contributed by atoms with E-state index in [1.807, 2.05) is 31.2 Å². The molecule has 0 aliphatic heterocycles. The van der Waals surface area contributed by atoms with Gasteiger partial charge in [-0.25, -0.2) is 4.79 Å². The van der Waals surface area contributed by atoms with E-state index in [-0.39, 0.29) is 5.56 Å². The fourth-order valence-electron chi connectivity index (χ4n) is 2.06. The molecule has 116 valence electrons. The summed E-state index contributed by atoms with van der Waals surface area (Å²) in [5.74, 6) is 0.452. The molecule has 0 atom stereocenters. The third-order valence-electron chi connectivity index (χ3n) is 3.13. The van der Waals surface area contributed by atoms with Gasteiger partial charge in [0.05, 0.1) is 19.3 Å². The first kappa shape index (κ1) is 15.7. The molecule has 0 amide bonds. The number of hydrogen-bond acceptors (Lipinski definition) is 4.